The van der Waals surface area contributed by atoms with Crippen LogP contribution in [0.1, 0.15) is 22.5 Å². The van der Waals surface area contributed by atoms with Gasteiger partial charge in [-0.1, -0.05) is 5.21 Å². The van der Waals surface area contributed by atoms with Gasteiger partial charge >= 0.3 is 5.97 Å². The number of rotatable bonds is 4. The maximum absolute atomic E-state index is 11.3. The van der Waals surface area contributed by atoms with Gasteiger partial charge in [0.2, 0.25) is 5.95 Å². The molecule has 2 aromatic rings. The number of hydrogen-bond donors (Lipinski definition) is 0. The van der Waals surface area contributed by atoms with Gasteiger partial charge in [-0.15, -0.1) is 5.10 Å². The minimum absolute atomic E-state index is 0.191. The third kappa shape index (κ3) is 2.40. The van der Waals surface area contributed by atoms with Gasteiger partial charge in [-0.25, -0.2) is 19.4 Å². The predicted octanol–water partition coefficient (Wildman–Crippen LogP) is 0.359. The van der Waals surface area contributed by atoms with E-state index in [4.69, 9.17) is 0 Å². The fourth-order valence-corrected chi connectivity index (χ4v) is 2.92. The van der Waals surface area contributed by atoms with Crippen molar-refractivity contribution in [1.82, 2.24) is 25.0 Å². The third-order valence-electron chi connectivity index (χ3n) is 4.23. The van der Waals surface area contributed by atoms with Crippen LogP contribution in [-0.4, -0.2) is 51.1 Å². The Balaban J connectivity index is 1.42. The molecule has 2 atom stereocenters. The fourth-order valence-electron chi connectivity index (χ4n) is 2.92. The highest BCUT2D eigenvalue weighted by atomic mass is 16.5. The normalized spacial score (nSPS) is 22.5. The molecule has 1 aliphatic heterocycles. The Bertz CT molecular complexity index is 688. The summed E-state index contributed by atoms with van der Waals surface area (Å²) in [4.78, 5) is 22.4. The molecular weight excluding hydrogens is 284 g/mol. The Hall–Kier alpha value is -2.51. The molecule has 1 saturated carbocycles. The molecule has 0 amide bonds. The van der Waals surface area contributed by atoms with Gasteiger partial charge in [0.25, 0.3) is 0 Å². The summed E-state index contributed by atoms with van der Waals surface area (Å²) in [6.45, 7) is 2.63. The van der Waals surface area contributed by atoms with Crippen molar-refractivity contribution in [2.45, 2.75) is 13.0 Å². The molecule has 8 heteroatoms. The van der Waals surface area contributed by atoms with Gasteiger partial charge in [-0.05, 0) is 18.3 Å². The van der Waals surface area contributed by atoms with E-state index in [1.807, 2.05) is 0 Å². The number of carbonyl (C=O) groups excluding carboxylic acids is 1. The topological polar surface area (TPSA) is 86.0 Å². The number of fused-ring (bicyclic) bond motifs is 1. The van der Waals surface area contributed by atoms with E-state index >= 15 is 0 Å². The van der Waals surface area contributed by atoms with E-state index in [9.17, 15) is 4.79 Å². The smallest absolute Gasteiger partial charge is 0.360 e. The van der Waals surface area contributed by atoms with Gasteiger partial charge in [0.1, 0.15) is 0 Å². The monoisotopic (exact) mass is 300 g/mol. The van der Waals surface area contributed by atoms with E-state index in [-0.39, 0.29) is 5.69 Å². The summed E-state index contributed by atoms with van der Waals surface area (Å²) in [5.41, 5.74) is 1.10. The Kier molecular flexibility index (Phi) is 3.02. The van der Waals surface area contributed by atoms with Crippen LogP contribution >= 0.6 is 0 Å². The molecule has 0 bridgehead atoms. The molecule has 1 aliphatic carbocycles. The molecule has 0 spiro atoms. The molecule has 2 unspecified atom stereocenters. The second kappa shape index (κ2) is 5.04. The lowest BCUT2D eigenvalue weighted by molar-refractivity contribution is 0.0594. The van der Waals surface area contributed by atoms with Gasteiger partial charge < -0.3 is 9.64 Å². The number of nitrogens with zero attached hydrogens (tertiary/aromatic N) is 6. The molecule has 8 nitrogen and oxygen atoms in total. The Morgan fingerprint density at radius 1 is 1.32 bits per heavy atom. The summed E-state index contributed by atoms with van der Waals surface area (Å²) < 4.78 is 6.16. The van der Waals surface area contributed by atoms with E-state index in [0.717, 1.165) is 36.4 Å². The van der Waals surface area contributed by atoms with Gasteiger partial charge in [-0.2, -0.15) is 0 Å². The van der Waals surface area contributed by atoms with Crippen molar-refractivity contribution in [3.05, 3.63) is 29.8 Å². The van der Waals surface area contributed by atoms with Crippen molar-refractivity contribution < 1.29 is 9.53 Å². The van der Waals surface area contributed by atoms with Crippen LogP contribution in [0.5, 0.6) is 0 Å². The van der Waals surface area contributed by atoms with Crippen LogP contribution in [0.25, 0.3) is 0 Å². The molecule has 114 valence electrons. The first-order valence-corrected chi connectivity index (χ1v) is 7.27. The fraction of sp³-hybridized carbons (Fsp3) is 0.500. The zero-order chi connectivity index (χ0) is 15.1. The van der Waals surface area contributed by atoms with E-state index in [0.29, 0.717) is 6.54 Å². The van der Waals surface area contributed by atoms with Crippen molar-refractivity contribution in [3.8, 4) is 0 Å². The van der Waals surface area contributed by atoms with Crippen molar-refractivity contribution in [3.63, 3.8) is 0 Å². The second-order valence-corrected chi connectivity index (χ2v) is 5.85. The first-order valence-electron chi connectivity index (χ1n) is 7.27. The number of ether oxygens (including phenoxy) is 1. The lowest BCUT2D eigenvalue weighted by atomic mass is 10.3. The second-order valence-electron chi connectivity index (χ2n) is 5.85. The largest absolute Gasteiger partial charge is 0.464 e. The minimum Gasteiger partial charge on any atom is -0.464 e. The highest BCUT2D eigenvalue weighted by molar-refractivity contribution is 5.86. The first-order chi connectivity index (χ1) is 10.7. The van der Waals surface area contributed by atoms with Crippen molar-refractivity contribution in [2.75, 3.05) is 25.1 Å². The summed E-state index contributed by atoms with van der Waals surface area (Å²) in [5, 5.41) is 7.66. The molecule has 22 heavy (non-hydrogen) atoms. The van der Waals surface area contributed by atoms with Crippen LogP contribution in [0.3, 0.4) is 0 Å². The summed E-state index contributed by atoms with van der Waals surface area (Å²) in [7, 11) is 1.32. The van der Waals surface area contributed by atoms with Crippen LogP contribution in [0.15, 0.2) is 18.6 Å². The van der Waals surface area contributed by atoms with E-state index in [2.05, 4.69) is 29.9 Å². The number of hydrogen-bond acceptors (Lipinski definition) is 7. The molecule has 2 aromatic heterocycles. The average molecular weight is 300 g/mol. The predicted molar refractivity (Wildman–Crippen MR) is 76.3 cm³/mol. The molecular formula is C14H16N6O2. The molecule has 1 saturated heterocycles. The molecule has 2 aliphatic rings. The van der Waals surface area contributed by atoms with E-state index in [1.54, 1.807) is 23.3 Å². The summed E-state index contributed by atoms with van der Waals surface area (Å²) in [6, 6.07) is 0. The third-order valence-corrected chi connectivity index (χ3v) is 4.23. The molecule has 2 fully saturated rings. The van der Waals surface area contributed by atoms with Crippen LogP contribution in [-0.2, 0) is 11.3 Å². The van der Waals surface area contributed by atoms with E-state index < -0.39 is 5.97 Å². The Morgan fingerprint density at radius 3 is 2.73 bits per heavy atom. The lowest BCUT2D eigenvalue weighted by Crippen LogP contribution is -2.24. The molecule has 3 heterocycles. The molecule has 0 aromatic carbocycles. The maximum atomic E-state index is 11.3. The highest BCUT2D eigenvalue weighted by Gasteiger charge is 2.45. The SMILES string of the molecule is COC(=O)c1cn(Cc2cnc(N3CC4CC4C3)nc2)nn1. The standard InChI is InChI=1S/C14H16N6O2/c1-22-13(21)12-8-20(18-17-12)5-9-3-15-14(16-4-9)19-6-10-2-11(10)7-19/h3-4,8,10-11H,2,5-7H2,1H3. The molecule has 0 N–H and O–H groups in total. The summed E-state index contributed by atoms with van der Waals surface area (Å²) >= 11 is 0. The zero-order valence-corrected chi connectivity index (χ0v) is 12.2. The van der Waals surface area contributed by atoms with Crippen LogP contribution in [0.4, 0.5) is 5.95 Å². The van der Waals surface area contributed by atoms with Crippen LogP contribution in [0.2, 0.25) is 0 Å². The summed E-state index contributed by atoms with van der Waals surface area (Å²) in [5.74, 6) is 2.01. The van der Waals surface area contributed by atoms with Crippen molar-refractivity contribution in [1.29, 1.82) is 0 Å². The highest BCUT2D eigenvalue weighted by Crippen LogP contribution is 2.45. The minimum atomic E-state index is -0.495. The van der Waals surface area contributed by atoms with Crippen LogP contribution < -0.4 is 4.90 Å². The Labute approximate surface area is 127 Å². The lowest BCUT2D eigenvalue weighted by Gasteiger charge is -2.17. The Morgan fingerprint density at radius 2 is 2.05 bits per heavy atom. The maximum Gasteiger partial charge on any atom is 0.360 e. The average Bonchev–Trinajstić information content (AvgIpc) is 2.96. The zero-order valence-electron chi connectivity index (χ0n) is 12.2. The van der Waals surface area contributed by atoms with Gasteiger partial charge in [0.15, 0.2) is 5.69 Å². The summed E-state index contributed by atoms with van der Waals surface area (Å²) in [6.07, 6.45) is 6.51. The number of piperidine rings is 1. The van der Waals surface area contributed by atoms with Crippen molar-refractivity contribution >= 4 is 11.9 Å². The number of anilines is 1. The molecule has 4 rings (SSSR count). The number of esters is 1. The number of aromatic nitrogens is 5. The molecule has 0 radical (unpaired) electrons. The quantitative estimate of drug-likeness (QED) is 0.753. The van der Waals surface area contributed by atoms with Gasteiger partial charge in [-0.3, -0.25) is 0 Å². The van der Waals surface area contributed by atoms with E-state index in [1.165, 1.54) is 13.5 Å². The number of methoxy groups -OCH3 is 1. The van der Waals surface area contributed by atoms with Crippen LogP contribution in [0, 0.1) is 11.8 Å². The van der Waals surface area contributed by atoms with Gasteiger partial charge in [0.05, 0.1) is 19.9 Å². The number of carbonyl (C=O) groups is 1. The van der Waals surface area contributed by atoms with Crippen molar-refractivity contribution in [2.24, 2.45) is 11.8 Å². The van der Waals surface area contributed by atoms with Gasteiger partial charge in [0, 0.05) is 31.0 Å². The first kappa shape index (κ1) is 13.2.